The SMILES string of the molecule is COc1cccc(NC(=O)c2cc3n(n2)C[C@@](C)(C(=O)NC2CCCCC2)N(C)C3=O)c1. The highest BCUT2D eigenvalue weighted by Gasteiger charge is 2.46. The molecule has 0 unspecified atom stereocenters. The Morgan fingerprint density at radius 3 is 2.66 bits per heavy atom. The molecule has 1 aliphatic carbocycles. The topological polar surface area (TPSA) is 106 Å². The van der Waals surface area contributed by atoms with E-state index in [1.165, 1.54) is 22.1 Å². The lowest BCUT2D eigenvalue weighted by Crippen LogP contribution is -2.63. The van der Waals surface area contributed by atoms with E-state index in [-0.39, 0.29) is 35.8 Å². The molecule has 4 rings (SSSR count). The maximum atomic E-state index is 13.2. The highest BCUT2D eigenvalue weighted by Crippen LogP contribution is 2.27. The third-order valence-corrected chi connectivity index (χ3v) is 6.49. The first kappa shape index (κ1) is 21.9. The van der Waals surface area contributed by atoms with E-state index < -0.39 is 11.4 Å². The highest BCUT2D eigenvalue weighted by molar-refractivity contribution is 6.05. The van der Waals surface area contributed by atoms with E-state index in [0.717, 1.165) is 25.7 Å². The fraction of sp³-hybridized carbons (Fsp3) is 0.478. The molecule has 0 radical (unpaired) electrons. The zero-order valence-corrected chi connectivity index (χ0v) is 18.7. The first-order valence-corrected chi connectivity index (χ1v) is 10.9. The lowest BCUT2D eigenvalue weighted by atomic mass is 9.92. The number of nitrogens with zero attached hydrogens (tertiary/aromatic N) is 3. The largest absolute Gasteiger partial charge is 0.497 e. The van der Waals surface area contributed by atoms with Crippen LogP contribution in [0.1, 0.15) is 60.0 Å². The Labute approximate surface area is 187 Å². The number of nitrogens with one attached hydrogen (secondary N) is 2. The maximum absolute atomic E-state index is 13.2. The number of anilines is 1. The van der Waals surface area contributed by atoms with Crippen molar-refractivity contribution in [1.82, 2.24) is 20.0 Å². The van der Waals surface area contributed by atoms with Crippen molar-refractivity contribution < 1.29 is 19.1 Å². The Morgan fingerprint density at radius 1 is 1.19 bits per heavy atom. The molecule has 0 saturated heterocycles. The fourth-order valence-electron chi connectivity index (χ4n) is 4.32. The zero-order valence-electron chi connectivity index (χ0n) is 18.7. The van der Waals surface area contributed by atoms with Crippen LogP contribution in [0.3, 0.4) is 0 Å². The second-order valence-electron chi connectivity index (χ2n) is 8.70. The lowest BCUT2D eigenvalue weighted by Gasteiger charge is -2.41. The summed E-state index contributed by atoms with van der Waals surface area (Å²) < 4.78 is 6.64. The van der Waals surface area contributed by atoms with Gasteiger partial charge in [-0.15, -0.1) is 0 Å². The first-order chi connectivity index (χ1) is 15.3. The van der Waals surface area contributed by atoms with E-state index in [2.05, 4.69) is 15.7 Å². The van der Waals surface area contributed by atoms with E-state index in [1.807, 2.05) is 0 Å². The minimum atomic E-state index is -1.09. The number of hydrogen-bond acceptors (Lipinski definition) is 5. The van der Waals surface area contributed by atoms with Gasteiger partial charge in [-0.25, -0.2) is 0 Å². The summed E-state index contributed by atoms with van der Waals surface area (Å²) in [6, 6.07) is 8.58. The number of amides is 3. The van der Waals surface area contributed by atoms with Gasteiger partial charge >= 0.3 is 0 Å². The first-order valence-electron chi connectivity index (χ1n) is 10.9. The quantitative estimate of drug-likeness (QED) is 0.744. The van der Waals surface area contributed by atoms with Crippen LogP contribution >= 0.6 is 0 Å². The molecule has 170 valence electrons. The standard InChI is InChI=1S/C23H29N5O4/c1-23(22(31)25-15-8-5-4-6-9-15)14-28-19(21(30)27(23)2)13-18(26-28)20(29)24-16-10-7-11-17(12-16)32-3/h7,10-13,15H,4-6,8-9,14H2,1-3H3,(H,24,29)(H,25,31)/t23-/m0/s1. The van der Waals surface area contributed by atoms with Crippen molar-refractivity contribution in [2.45, 2.75) is 57.2 Å². The predicted molar refractivity (Wildman–Crippen MR) is 119 cm³/mol. The van der Waals surface area contributed by atoms with Gasteiger partial charge in [0.25, 0.3) is 11.8 Å². The summed E-state index contributed by atoms with van der Waals surface area (Å²) in [6.07, 6.45) is 5.32. The Morgan fingerprint density at radius 2 is 1.94 bits per heavy atom. The van der Waals surface area contributed by atoms with Crippen molar-refractivity contribution in [1.29, 1.82) is 0 Å². The summed E-state index contributed by atoms with van der Waals surface area (Å²) in [5.74, 6) is -0.360. The van der Waals surface area contributed by atoms with Gasteiger partial charge in [0, 0.05) is 30.9 Å². The molecule has 1 saturated carbocycles. The van der Waals surface area contributed by atoms with Crippen LogP contribution < -0.4 is 15.4 Å². The third kappa shape index (κ3) is 4.06. The van der Waals surface area contributed by atoms with Gasteiger partial charge < -0.3 is 20.3 Å². The third-order valence-electron chi connectivity index (χ3n) is 6.49. The van der Waals surface area contributed by atoms with E-state index in [4.69, 9.17) is 4.74 Å². The summed E-state index contributed by atoms with van der Waals surface area (Å²) in [4.78, 5) is 40.4. The van der Waals surface area contributed by atoms with Crippen LogP contribution in [-0.2, 0) is 11.3 Å². The van der Waals surface area contributed by atoms with E-state index in [0.29, 0.717) is 11.4 Å². The molecule has 3 amide bonds. The molecule has 1 fully saturated rings. The van der Waals surface area contributed by atoms with Crippen molar-refractivity contribution in [3.8, 4) is 5.75 Å². The number of rotatable bonds is 5. The Kier molecular flexibility index (Phi) is 5.90. The van der Waals surface area contributed by atoms with Crippen molar-refractivity contribution in [3.63, 3.8) is 0 Å². The average Bonchev–Trinajstić information content (AvgIpc) is 3.22. The lowest BCUT2D eigenvalue weighted by molar-refractivity contribution is -0.133. The minimum Gasteiger partial charge on any atom is -0.497 e. The van der Waals surface area contributed by atoms with Gasteiger partial charge in [-0.05, 0) is 31.9 Å². The van der Waals surface area contributed by atoms with Crippen LogP contribution in [0.25, 0.3) is 0 Å². The molecule has 32 heavy (non-hydrogen) atoms. The second kappa shape index (κ2) is 8.64. The zero-order chi connectivity index (χ0) is 22.9. The number of fused-ring (bicyclic) bond motifs is 1. The van der Waals surface area contributed by atoms with Crippen LogP contribution in [0.2, 0.25) is 0 Å². The van der Waals surface area contributed by atoms with Gasteiger partial charge in [-0.3, -0.25) is 19.1 Å². The molecule has 2 heterocycles. The minimum absolute atomic E-state index is 0.113. The van der Waals surface area contributed by atoms with Gasteiger partial charge in [-0.2, -0.15) is 5.10 Å². The molecule has 0 bridgehead atoms. The second-order valence-corrected chi connectivity index (χ2v) is 8.70. The number of carbonyl (C=O) groups excluding carboxylic acids is 3. The van der Waals surface area contributed by atoms with Crippen LogP contribution in [0, 0.1) is 0 Å². The van der Waals surface area contributed by atoms with E-state index >= 15 is 0 Å². The monoisotopic (exact) mass is 439 g/mol. The highest BCUT2D eigenvalue weighted by atomic mass is 16.5. The smallest absolute Gasteiger partial charge is 0.276 e. The van der Waals surface area contributed by atoms with Crippen LogP contribution in [0.15, 0.2) is 30.3 Å². The van der Waals surface area contributed by atoms with Crippen molar-refractivity contribution >= 4 is 23.4 Å². The van der Waals surface area contributed by atoms with Gasteiger partial charge in [-0.1, -0.05) is 25.3 Å². The number of aromatic nitrogens is 2. The molecule has 1 atom stereocenters. The van der Waals surface area contributed by atoms with Gasteiger partial charge in [0.05, 0.1) is 13.7 Å². The number of likely N-dealkylation sites (N-methyl/N-ethyl adjacent to an activating group) is 1. The van der Waals surface area contributed by atoms with Crippen molar-refractivity contribution in [3.05, 3.63) is 41.7 Å². The number of benzene rings is 1. The summed E-state index contributed by atoms with van der Waals surface area (Å²) in [6.45, 7) is 1.92. The van der Waals surface area contributed by atoms with Gasteiger partial charge in [0.1, 0.15) is 17.0 Å². The molecule has 9 heteroatoms. The summed E-state index contributed by atoms with van der Waals surface area (Å²) in [5.41, 5.74) is -0.137. The van der Waals surface area contributed by atoms with E-state index in [1.54, 1.807) is 45.3 Å². The van der Waals surface area contributed by atoms with Gasteiger partial charge in [0.2, 0.25) is 5.91 Å². The molecule has 9 nitrogen and oxygen atoms in total. The average molecular weight is 440 g/mol. The van der Waals surface area contributed by atoms with Crippen LogP contribution in [0.5, 0.6) is 5.75 Å². The van der Waals surface area contributed by atoms with E-state index in [9.17, 15) is 14.4 Å². The summed E-state index contributed by atoms with van der Waals surface area (Å²) >= 11 is 0. The molecular weight excluding hydrogens is 410 g/mol. The van der Waals surface area contributed by atoms with Gasteiger partial charge in [0.15, 0.2) is 5.69 Å². The molecule has 1 aromatic carbocycles. The normalized spacial score (nSPS) is 21.1. The molecule has 2 aromatic rings. The fourth-order valence-corrected chi connectivity index (χ4v) is 4.32. The Balaban J connectivity index is 1.53. The molecular formula is C23H29N5O4. The molecule has 2 N–H and O–H groups in total. The van der Waals surface area contributed by atoms with Crippen molar-refractivity contribution in [2.24, 2.45) is 0 Å². The number of carbonyl (C=O) groups is 3. The Bertz CT molecular complexity index is 1040. The van der Waals surface area contributed by atoms with Crippen LogP contribution in [0.4, 0.5) is 5.69 Å². The summed E-state index contributed by atoms with van der Waals surface area (Å²) in [7, 11) is 3.17. The number of methoxy groups -OCH3 is 1. The van der Waals surface area contributed by atoms with Crippen LogP contribution in [-0.4, -0.2) is 58.1 Å². The van der Waals surface area contributed by atoms with Crippen molar-refractivity contribution in [2.75, 3.05) is 19.5 Å². The Hall–Kier alpha value is -3.36. The predicted octanol–water partition coefficient (Wildman–Crippen LogP) is 2.44. The molecule has 2 aliphatic rings. The number of hydrogen-bond donors (Lipinski definition) is 2. The molecule has 0 spiro atoms. The molecule has 1 aliphatic heterocycles. The molecule has 1 aromatic heterocycles. The summed E-state index contributed by atoms with van der Waals surface area (Å²) in [5, 5.41) is 10.2. The number of ether oxygens (including phenoxy) is 1. The maximum Gasteiger partial charge on any atom is 0.276 e.